The van der Waals surface area contributed by atoms with Crippen molar-refractivity contribution in [3.05, 3.63) is 83.2 Å². The van der Waals surface area contributed by atoms with Crippen molar-refractivity contribution < 1.29 is 38.4 Å². The zero-order valence-corrected chi connectivity index (χ0v) is 20.2. The molecule has 1 N–H and O–H groups in total. The van der Waals surface area contributed by atoms with E-state index in [1.54, 1.807) is 48.6 Å². The number of aliphatic hydroxyl groups is 1. The summed E-state index contributed by atoms with van der Waals surface area (Å²) in [7, 11) is 7.30. The van der Waals surface area contributed by atoms with Crippen LogP contribution in [-0.4, -0.2) is 52.4 Å². The van der Waals surface area contributed by atoms with E-state index in [4.69, 9.17) is 18.9 Å². The molecule has 35 heavy (non-hydrogen) atoms. The topological polar surface area (TPSA) is 101 Å². The number of esters is 1. The van der Waals surface area contributed by atoms with Crippen molar-refractivity contribution >= 4 is 23.9 Å². The zero-order valence-electron chi connectivity index (χ0n) is 20.2. The van der Waals surface area contributed by atoms with E-state index >= 15 is 0 Å². The van der Waals surface area contributed by atoms with E-state index in [1.807, 2.05) is 0 Å². The average Bonchev–Trinajstić information content (AvgIpc) is 2.89. The van der Waals surface area contributed by atoms with Crippen LogP contribution in [0.1, 0.15) is 11.1 Å². The number of hydrogen-bond acceptors (Lipinski definition) is 8. The highest BCUT2D eigenvalue weighted by Gasteiger charge is 2.11. The maximum Gasteiger partial charge on any atom is 0.330 e. The van der Waals surface area contributed by atoms with Gasteiger partial charge in [-0.25, -0.2) is 4.79 Å². The summed E-state index contributed by atoms with van der Waals surface area (Å²) in [5.74, 6) is 0.575. The molecule has 0 aliphatic carbocycles. The second kappa shape index (κ2) is 13.3. The normalized spacial score (nSPS) is 12.0. The van der Waals surface area contributed by atoms with E-state index in [9.17, 15) is 14.7 Å². The Labute approximate surface area is 204 Å². The number of carbonyl (C=O) groups is 2. The quantitative estimate of drug-likeness (QED) is 0.216. The summed E-state index contributed by atoms with van der Waals surface area (Å²) in [6.07, 6.45) is 8.02. The van der Waals surface area contributed by atoms with Crippen molar-refractivity contribution in [2.75, 3.05) is 35.5 Å². The molecule has 2 aromatic rings. The Morgan fingerprint density at radius 3 is 1.60 bits per heavy atom. The van der Waals surface area contributed by atoms with Crippen molar-refractivity contribution in [1.82, 2.24) is 0 Å². The minimum Gasteiger partial charge on any atom is -0.507 e. The smallest absolute Gasteiger partial charge is 0.330 e. The molecule has 0 fully saturated rings. The van der Waals surface area contributed by atoms with Crippen LogP contribution in [0.4, 0.5) is 0 Å². The zero-order chi connectivity index (χ0) is 25.8. The molecule has 0 aromatic heterocycles. The summed E-state index contributed by atoms with van der Waals surface area (Å²) in [6, 6.07) is 10.3. The third-order valence-corrected chi connectivity index (χ3v) is 4.80. The number of allylic oxidation sites excluding steroid dienone is 4. The van der Waals surface area contributed by atoms with Gasteiger partial charge in [0.2, 0.25) is 0 Å². The van der Waals surface area contributed by atoms with Crippen LogP contribution in [0.5, 0.6) is 23.0 Å². The number of methoxy groups -OCH3 is 5. The van der Waals surface area contributed by atoms with Crippen molar-refractivity contribution in [1.29, 1.82) is 0 Å². The van der Waals surface area contributed by atoms with Gasteiger partial charge in [-0.15, -0.1) is 0 Å². The molecule has 0 heterocycles. The van der Waals surface area contributed by atoms with Gasteiger partial charge in [0.05, 0.1) is 41.1 Å². The van der Waals surface area contributed by atoms with E-state index < -0.39 is 11.8 Å². The molecule has 0 unspecified atom stereocenters. The highest BCUT2D eigenvalue weighted by atomic mass is 16.5. The van der Waals surface area contributed by atoms with Crippen LogP contribution >= 0.6 is 0 Å². The number of ketones is 1. The summed E-state index contributed by atoms with van der Waals surface area (Å²) in [5.41, 5.74) is 1.26. The Balaban J connectivity index is 2.38. The predicted octanol–water partition coefficient (Wildman–Crippen LogP) is 4.56. The lowest BCUT2D eigenvalue weighted by atomic mass is 10.1. The summed E-state index contributed by atoms with van der Waals surface area (Å²) < 4.78 is 25.6. The van der Waals surface area contributed by atoms with Crippen molar-refractivity contribution in [3.8, 4) is 23.0 Å². The maximum absolute atomic E-state index is 12.9. The monoisotopic (exact) mass is 480 g/mol. The van der Waals surface area contributed by atoms with Gasteiger partial charge in [0, 0.05) is 6.08 Å². The Morgan fingerprint density at radius 1 is 0.657 bits per heavy atom. The lowest BCUT2D eigenvalue weighted by Crippen LogP contribution is -2.02. The lowest BCUT2D eigenvalue weighted by molar-refractivity contribution is -0.134. The molecule has 184 valence electrons. The van der Waals surface area contributed by atoms with Gasteiger partial charge in [-0.05, 0) is 53.6 Å². The largest absolute Gasteiger partial charge is 0.507 e. The van der Waals surface area contributed by atoms with Crippen molar-refractivity contribution in [3.63, 3.8) is 0 Å². The first-order valence-electron chi connectivity index (χ1n) is 10.4. The summed E-state index contributed by atoms with van der Waals surface area (Å²) in [5, 5.41) is 10.6. The average molecular weight is 481 g/mol. The Bertz CT molecular complexity index is 1170. The van der Waals surface area contributed by atoms with Gasteiger partial charge in [0.25, 0.3) is 0 Å². The lowest BCUT2D eigenvalue weighted by Gasteiger charge is -2.08. The molecule has 2 aromatic carbocycles. The fourth-order valence-electron chi connectivity index (χ4n) is 2.95. The maximum atomic E-state index is 12.9. The molecule has 0 saturated carbocycles. The van der Waals surface area contributed by atoms with Crippen molar-refractivity contribution in [2.24, 2.45) is 0 Å². The molecule has 0 atom stereocenters. The Hall–Kier alpha value is -4.46. The fourth-order valence-corrected chi connectivity index (χ4v) is 2.95. The van der Waals surface area contributed by atoms with Crippen LogP contribution in [0.25, 0.3) is 12.2 Å². The van der Waals surface area contributed by atoms with Gasteiger partial charge in [0.15, 0.2) is 28.8 Å². The van der Waals surface area contributed by atoms with Crippen LogP contribution in [0.2, 0.25) is 0 Å². The Morgan fingerprint density at radius 2 is 1.14 bits per heavy atom. The third kappa shape index (κ3) is 7.53. The minimum atomic E-state index is -0.671. The molecule has 0 spiro atoms. The van der Waals surface area contributed by atoms with Gasteiger partial charge in [-0.3, -0.25) is 4.79 Å². The third-order valence-electron chi connectivity index (χ3n) is 4.80. The van der Waals surface area contributed by atoms with Gasteiger partial charge < -0.3 is 28.8 Å². The number of rotatable bonds is 11. The molecule has 0 aliphatic heterocycles. The first-order valence-corrected chi connectivity index (χ1v) is 10.4. The highest BCUT2D eigenvalue weighted by molar-refractivity contribution is 6.09. The SMILES string of the molecule is COC(=O)C=CC(C(=O)/C=C/c1ccc(OC)c(OC)c1)=C(O)/C=C/c1ccc(OC)c(OC)c1. The predicted molar refractivity (Wildman–Crippen MR) is 133 cm³/mol. The van der Waals surface area contributed by atoms with Gasteiger partial charge in [0.1, 0.15) is 5.76 Å². The first kappa shape index (κ1) is 26.8. The summed E-state index contributed by atoms with van der Waals surface area (Å²) >= 11 is 0. The first-order chi connectivity index (χ1) is 16.9. The van der Waals surface area contributed by atoms with E-state index in [2.05, 4.69) is 4.74 Å². The molecule has 8 heteroatoms. The summed E-state index contributed by atoms with van der Waals surface area (Å²) in [4.78, 5) is 24.5. The van der Waals surface area contributed by atoms with Crippen molar-refractivity contribution in [2.45, 2.75) is 0 Å². The van der Waals surface area contributed by atoms with Crippen LogP contribution in [0.3, 0.4) is 0 Å². The molecular formula is C27H28O8. The van der Waals surface area contributed by atoms with Gasteiger partial charge in [-0.2, -0.15) is 0 Å². The molecule has 2 rings (SSSR count). The molecule has 0 radical (unpaired) electrons. The molecule has 8 nitrogen and oxygen atoms in total. The Kier molecular flexibility index (Phi) is 10.2. The molecule has 0 aliphatic rings. The van der Waals surface area contributed by atoms with Crippen LogP contribution in [0.15, 0.2) is 72.0 Å². The minimum absolute atomic E-state index is 0.108. The van der Waals surface area contributed by atoms with E-state index in [0.717, 1.165) is 6.08 Å². The molecule has 0 saturated heterocycles. The molecule has 0 amide bonds. The summed E-state index contributed by atoms with van der Waals surface area (Å²) in [6.45, 7) is 0. The van der Waals surface area contributed by atoms with E-state index in [-0.39, 0.29) is 11.3 Å². The fraction of sp³-hybridized carbons (Fsp3) is 0.185. The standard InChI is InChI=1S/C27H28O8/c1-31-23-13-8-18(16-25(23)33-3)6-11-21(28)20(10-15-27(30)35-5)22(29)12-7-19-9-14-24(32-2)26(17-19)34-4/h6-17,28H,1-5H3/b11-6+,12-7+,15-10?,21-20?. The molecule has 0 bridgehead atoms. The number of benzene rings is 2. The van der Waals surface area contributed by atoms with Gasteiger partial charge in [-0.1, -0.05) is 24.3 Å². The number of aliphatic hydroxyl groups excluding tert-OH is 1. The van der Waals surface area contributed by atoms with Crippen LogP contribution < -0.4 is 18.9 Å². The van der Waals surface area contributed by atoms with E-state index in [0.29, 0.717) is 34.1 Å². The van der Waals surface area contributed by atoms with Gasteiger partial charge >= 0.3 is 5.97 Å². The van der Waals surface area contributed by atoms with E-state index in [1.165, 1.54) is 53.8 Å². The number of hydrogen-bond donors (Lipinski definition) is 1. The number of carbonyl (C=O) groups excluding carboxylic acids is 2. The second-order valence-corrected chi connectivity index (χ2v) is 6.92. The highest BCUT2D eigenvalue weighted by Crippen LogP contribution is 2.29. The number of ether oxygens (including phenoxy) is 5. The van der Waals surface area contributed by atoms with Crippen LogP contribution in [0, 0.1) is 0 Å². The van der Waals surface area contributed by atoms with Crippen LogP contribution in [-0.2, 0) is 14.3 Å². The second-order valence-electron chi connectivity index (χ2n) is 6.92. The molecular weight excluding hydrogens is 452 g/mol.